The van der Waals surface area contributed by atoms with Crippen LogP contribution in [-0.2, 0) is 28.5 Å². The Labute approximate surface area is 113 Å². The Morgan fingerprint density at radius 2 is 1.63 bits per heavy atom. The van der Waals surface area contributed by atoms with Crippen molar-refractivity contribution in [1.29, 1.82) is 0 Å². The fourth-order valence-electron chi connectivity index (χ4n) is 2.38. The summed E-state index contributed by atoms with van der Waals surface area (Å²) in [5, 5.41) is 0. The molecule has 1 rings (SSSR count). The fraction of sp³-hybridized carbons (Fsp3) is 0.846. The summed E-state index contributed by atoms with van der Waals surface area (Å²) in [7, 11) is 1.47. The quantitative estimate of drug-likeness (QED) is 0.719. The molecule has 0 unspecified atom stereocenters. The van der Waals surface area contributed by atoms with Crippen LogP contribution in [0.4, 0.5) is 0 Å². The molecule has 19 heavy (non-hydrogen) atoms. The molecule has 0 saturated carbocycles. The lowest BCUT2D eigenvalue weighted by molar-refractivity contribution is -0.283. The lowest BCUT2D eigenvalue weighted by Crippen LogP contribution is -2.56. The first-order chi connectivity index (χ1) is 8.90. The van der Waals surface area contributed by atoms with Crippen LogP contribution >= 0.6 is 0 Å². The van der Waals surface area contributed by atoms with Crippen LogP contribution in [-0.4, -0.2) is 43.7 Å². The molecule has 1 saturated heterocycles. The van der Waals surface area contributed by atoms with Crippen molar-refractivity contribution < 1.29 is 28.5 Å². The van der Waals surface area contributed by atoms with Gasteiger partial charge < -0.3 is 18.9 Å². The van der Waals surface area contributed by atoms with E-state index in [1.54, 1.807) is 0 Å². The Bertz CT molecular complexity index is 329. The standard InChI is InChI=1S/C13H22O6/c1-6-10-7(2)11(17-8(3)14)12(18-9(4)15)13(16-5)19-10/h7,10-13H,6H2,1-5H3/t7-,10-,11+,12-,13+/m1/s1. The van der Waals surface area contributed by atoms with Crippen LogP contribution in [0.5, 0.6) is 0 Å². The van der Waals surface area contributed by atoms with E-state index in [1.165, 1.54) is 21.0 Å². The van der Waals surface area contributed by atoms with Gasteiger partial charge in [-0.25, -0.2) is 0 Å². The second kappa shape index (κ2) is 6.86. The molecule has 0 aliphatic carbocycles. The molecule has 1 heterocycles. The molecule has 0 amide bonds. The Balaban J connectivity index is 2.96. The summed E-state index contributed by atoms with van der Waals surface area (Å²) in [6.45, 7) is 6.51. The number of methoxy groups -OCH3 is 1. The van der Waals surface area contributed by atoms with E-state index in [4.69, 9.17) is 18.9 Å². The monoisotopic (exact) mass is 274 g/mol. The van der Waals surface area contributed by atoms with E-state index in [9.17, 15) is 9.59 Å². The average molecular weight is 274 g/mol. The largest absolute Gasteiger partial charge is 0.458 e. The minimum Gasteiger partial charge on any atom is -0.458 e. The minimum absolute atomic E-state index is 0.0790. The molecule has 1 aliphatic heterocycles. The molecule has 0 aromatic heterocycles. The number of carbonyl (C=O) groups is 2. The van der Waals surface area contributed by atoms with Crippen LogP contribution in [0.2, 0.25) is 0 Å². The highest BCUT2D eigenvalue weighted by Crippen LogP contribution is 2.32. The first-order valence-corrected chi connectivity index (χ1v) is 6.43. The summed E-state index contributed by atoms with van der Waals surface area (Å²) in [5.74, 6) is -0.958. The highest BCUT2D eigenvalue weighted by molar-refractivity contribution is 5.67. The Morgan fingerprint density at radius 3 is 2.05 bits per heavy atom. The molecule has 0 aromatic rings. The molecular weight excluding hydrogens is 252 g/mol. The van der Waals surface area contributed by atoms with E-state index in [0.717, 1.165) is 6.42 Å². The summed E-state index contributed by atoms with van der Waals surface area (Å²) in [4.78, 5) is 22.4. The van der Waals surface area contributed by atoms with Gasteiger partial charge in [-0.1, -0.05) is 13.8 Å². The first kappa shape index (κ1) is 15.9. The van der Waals surface area contributed by atoms with Gasteiger partial charge in [0.15, 0.2) is 12.4 Å². The molecule has 110 valence electrons. The second-order valence-corrected chi connectivity index (χ2v) is 4.69. The zero-order valence-electron chi connectivity index (χ0n) is 12.0. The van der Waals surface area contributed by atoms with Gasteiger partial charge in [0, 0.05) is 26.9 Å². The molecule has 1 aliphatic rings. The molecule has 0 aromatic carbocycles. The van der Waals surface area contributed by atoms with Crippen LogP contribution in [0.1, 0.15) is 34.1 Å². The summed E-state index contributed by atoms with van der Waals surface area (Å²) in [6.07, 6.45) is -1.39. The number of esters is 2. The Hall–Kier alpha value is -1.14. The molecule has 0 radical (unpaired) electrons. The van der Waals surface area contributed by atoms with Crippen molar-refractivity contribution in [2.45, 2.75) is 58.7 Å². The van der Waals surface area contributed by atoms with E-state index in [0.29, 0.717) is 0 Å². The predicted molar refractivity (Wildman–Crippen MR) is 66.2 cm³/mol. The summed E-state index contributed by atoms with van der Waals surface area (Å²) in [6, 6.07) is 0. The van der Waals surface area contributed by atoms with Crippen molar-refractivity contribution in [2.24, 2.45) is 5.92 Å². The fourth-order valence-corrected chi connectivity index (χ4v) is 2.38. The van der Waals surface area contributed by atoms with Gasteiger partial charge in [-0.15, -0.1) is 0 Å². The molecule has 6 nitrogen and oxygen atoms in total. The third-order valence-electron chi connectivity index (χ3n) is 3.24. The van der Waals surface area contributed by atoms with Crippen molar-refractivity contribution >= 4 is 11.9 Å². The van der Waals surface area contributed by atoms with E-state index in [1.807, 2.05) is 13.8 Å². The molecule has 0 bridgehead atoms. The van der Waals surface area contributed by atoms with Crippen molar-refractivity contribution in [1.82, 2.24) is 0 Å². The van der Waals surface area contributed by atoms with Gasteiger partial charge in [0.25, 0.3) is 0 Å². The van der Waals surface area contributed by atoms with Crippen molar-refractivity contribution in [3.05, 3.63) is 0 Å². The van der Waals surface area contributed by atoms with E-state index in [-0.39, 0.29) is 12.0 Å². The molecule has 6 heteroatoms. The third-order valence-corrected chi connectivity index (χ3v) is 3.24. The van der Waals surface area contributed by atoms with E-state index < -0.39 is 30.4 Å². The van der Waals surface area contributed by atoms with Gasteiger partial charge in [0.1, 0.15) is 6.10 Å². The zero-order valence-corrected chi connectivity index (χ0v) is 12.0. The number of hydrogen-bond donors (Lipinski definition) is 0. The van der Waals surface area contributed by atoms with Crippen molar-refractivity contribution in [3.63, 3.8) is 0 Å². The van der Waals surface area contributed by atoms with Crippen LogP contribution in [0.15, 0.2) is 0 Å². The van der Waals surface area contributed by atoms with Crippen LogP contribution in [0, 0.1) is 5.92 Å². The number of rotatable bonds is 4. The molecular formula is C13H22O6. The Kier molecular flexibility index (Phi) is 5.75. The van der Waals surface area contributed by atoms with Gasteiger partial charge in [-0.3, -0.25) is 9.59 Å². The lowest BCUT2D eigenvalue weighted by Gasteiger charge is -2.43. The van der Waals surface area contributed by atoms with Gasteiger partial charge in [0.2, 0.25) is 0 Å². The maximum absolute atomic E-state index is 11.2. The van der Waals surface area contributed by atoms with Crippen molar-refractivity contribution in [3.8, 4) is 0 Å². The highest BCUT2D eigenvalue weighted by Gasteiger charge is 2.47. The average Bonchev–Trinajstić information content (AvgIpc) is 2.33. The highest BCUT2D eigenvalue weighted by atomic mass is 16.7. The molecule has 1 fully saturated rings. The molecule has 0 spiro atoms. The minimum atomic E-state index is -0.746. The first-order valence-electron chi connectivity index (χ1n) is 6.43. The number of hydrogen-bond acceptors (Lipinski definition) is 6. The van der Waals surface area contributed by atoms with Crippen LogP contribution in [0.3, 0.4) is 0 Å². The summed E-state index contributed by atoms with van der Waals surface area (Å²) >= 11 is 0. The van der Waals surface area contributed by atoms with Gasteiger partial charge in [-0.05, 0) is 6.42 Å². The van der Waals surface area contributed by atoms with Gasteiger partial charge >= 0.3 is 11.9 Å². The van der Waals surface area contributed by atoms with Gasteiger partial charge in [0.05, 0.1) is 6.10 Å². The number of carbonyl (C=O) groups excluding carboxylic acids is 2. The maximum Gasteiger partial charge on any atom is 0.303 e. The molecule has 5 atom stereocenters. The van der Waals surface area contributed by atoms with Crippen LogP contribution in [0.25, 0.3) is 0 Å². The SMILES string of the molecule is CC[C@H]1O[C@H](OC)[C@H](OC(C)=O)[C@@H](OC(C)=O)[C@@H]1C. The Morgan fingerprint density at radius 1 is 1.11 bits per heavy atom. The number of ether oxygens (including phenoxy) is 4. The third kappa shape index (κ3) is 3.91. The smallest absolute Gasteiger partial charge is 0.303 e. The van der Waals surface area contributed by atoms with E-state index in [2.05, 4.69) is 0 Å². The van der Waals surface area contributed by atoms with Crippen LogP contribution < -0.4 is 0 Å². The predicted octanol–water partition coefficient (Wildman–Crippen LogP) is 1.27. The van der Waals surface area contributed by atoms with E-state index >= 15 is 0 Å². The lowest BCUT2D eigenvalue weighted by atomic mass is 9.89. The maximum atomic E-state index is 11.2. The second-order valence-electron chi connectivity index (χ2n) is 4.69. The summed E-state index contributed by atoms with van der Waals surface area (Å²) in [5.41, 5.74) is 0. The zero-order chi connectivity index (χ0) is 14.6. The summed E-state index contributed by atoms with van der Waals surface area (Å²) < 4.78 is 21.4. The van der Waals surface area contributed by atoms with Crippen molar-refractivity contribution in [2.75, 3.05) is 7.11 Å². The normalized spacial score (nSPS) is 34.7. The molecule has 0 N–H and O–H groups in total. The topological polar surface area (TPSA) is 71.1 Å². The van der Waals surface area contributed by atoms with Gasteiger partial charge in [-0.2, -0.15) is 0 Å².